The van der Waals surface area contributed by atoms with Crippen molar-refractivity contribution < 1.29 is 19.1 Å². The zero-order chi connectivity index (χ0) is 13.7. The van der Waals surface area contributed by atoms with E-state index in [-0.39, 0.29) is 11.5 Å². The second-order valence-corrected chi connectivity index (χ2v) is 3.74. The van der Waals surface area contributed by atoms with Crippen LogP contribution in [0.15, 0.2) is 28.9 Å². The molecule has 0 unspecified atom stereocenters. The number of carbonyl (C=O) groups is 2. The van der Waals surface area contributed by atoms with Gasteiger partial charge in [-0.2, -0.15) is 0 Å². The number of carboxylic acid groups (broad SMARTS) is 1. The first kappa shape index (κ1) is 12.8. The van der Waals surface area contributed by atoms with Gasteiger partial charge in [-0.1, -0.05) is 5.21 Å². The van der Waals surface area contributed by atoms with Crippen molar-refractivity contribution in [3.63, 3.8) is 0 Å². The van der Waals surface area contributed by atoms with Gasteiger partial charge in [-0.05, 0) is 18.6 Å². The molecular formula is C11H12N4O4. The minimum atomic E-state index is -1.20. The molecule has 2 heterocycles. The molecule has 2 rings (SSSR count). The third kappa shape index (κ3) is 3.41. The lowest BCUT2D eigenvalue weighted by Crippen LogP contribution is -2.24. The van der Waals surface area contributed by atoms with E-state index in [9.17, 15) is 9.59 Å². The molecule has 0 atom stereocenters. The lowest BCUT2D eigenvalue weighted by molar-refractivity contribution is 0.0659. The zero-order valence-electron chi connectivity index (χ0n) is 9.94. The average molecular weight is 264 g/mol. The summed E-state index contributed by atoms with van der Waals surface area (Å²) in [6.07, 6.45) is 3.99. The number of carboxylic acids is 1. The number of rotatable bonds is 6. The van der Waals surface area contributed by atoms with Crippen molar-refractivity contribution in [3.8, 4) is 0 Å². The molecule has 2 aromatic rings. The lowest BCUT2D eigenvalue weighted by atomic mass is 10.3. The SMILES string of the molecule is O=C(O)c1ccc(C(=O)NCCCn2ccnn2)o1. The van der Waals surface area contributed by atoms with Crippen LogP contribution in [0.5, 0.6) is 0 Å². The monoisotopic (exact) mass is 264 g/mol. The van der Waals surface area contributed by atoms with Crippen molar-refractivity contribution >= 4 is 11.9 Å². The normalized spacial score (nSPS) is 10.3. The summed E-state index contributed by atoms with van der Waals surface area (Å²) >= 11 is 0. The fourth-order valence-corrected chi connectivity index (χ4v) is 1.46. The first-order chi connectivity index (χ1) is 9.16. The second kappa shape index (κ2) is 5.80. The van der Waals surface area contributed by atoms with Gasteiger partial charge in [0.05, 0.1) is 6.20 Å². The number of amides is 1. The Hall–Kier alpha value is -2.64. The number of furan rings is 1. The maximum absolute atomic E-state index is 11.6. The number of aryl methyl sites for hydroxylation is 1. The largest absolute Gasteiger partial charge is 0.475 e. The molecule has 0 aromatic carbocycles. The topological polar surface area (TPSA) is 110 Å². The molecule has 2 N–H and O–H groups in total. The third-order valence-corrected chi connectivity index (χ3v) is 2.36. The molecule has 0 aliphatic heterocycles. The van der Waals surface area contributed by atoms with Crippen LogP contribution in [-0.2, 0) is 6.54 Å². The summed E-state index contributed by atoms with van der Waals surface area (Å²) in [5.74, 6) is -1.91. The van der Waals surface area contributed by atoms with Gasteiger partial charge in [0.25, 0.3) is 5.91 Å². The van der Waals surface area contributed by atoms with Gasteiger partial charge in [0, 0.05) is 19.3 Å². The third-order valence-electron chi connectivity index (χ3n) is 2.36. The highest BCUT2D eigenvalue weighted by atomic mass is 16.4. The van der Waals surface area contributed by atoms with E-state index in [0.29, 0.717) is 19.5 Å². The highest BCUT2D eigenvalue weighted by Crippen LogP contribution is 2.07. The van der Waals surface area contributed by atoms with Crippen LogP contribution >= 0.6 is 0 Å². The van der Waals surface area contributed by atoms with Gasteiger partial charge >= 0.3 is 5.97 Å². The van der Waals surface area contributed by atoms with Crippen LogP contribution < -0.4 is 5.32 Å². The first-order valence-corrected chi connectivity index (χ1v) is 5.62. The molecule has 0 aliphatic rings. The number of carbonyl (C=O) groups excluding carboxylic acids is 1. The number of aromatic nitrogens is 3. The maximum Gasteiger partial charge on any atom is 0.371 e. The van der Waals surface area contributed by atoms with Crippen molar-refractivity contribution in [3.05, 3.63) is 36.0 Å². The summed E-state index contributed by atoms with van der Waals surface area (Å²) < 4.78 is 6.53. The highest BCUT2D eigenvalue weighted by Gasteiger charge is 2.14. The summed E-state index contributed by atoms with van der Waals surface area (Å²) in [5.41, 5.74) is 0. The van der Waals surface area contributed by atoms with Crippen LogP contribution in [0.3, 0.4) is 0 Å². The van der Waals surface area contributed by atoms with Gasteiger partial charge in [0.1, 0.15) is 0 Å². The van der Waals surface area contributed by atoms with Gasteiger partial charge < -0.3 is 14.8 Å². The van der Waals surface area contributed by atoms with Gasteiger partial charge in [-0.25, -0.2) is 4.79 Å². The molecule has 0 saturated heterocycles. The molecule has 0 spiro atoms. The van der Waals surface area contributed by atoms with Crippen molar-refractivity contribution in [2.75, 3.05) is 6.54 Å². The van der Waals surface area contributed by atoms with E-state index in [2.05, 4.69) is 15.6 Å². The Morgan fingerprint density at radius 3 is 2.79 bits per heavy atom. The predicted molar refractivity (Wildman–Crippen MR) is 62.6 cm³/mol. The van der Waals surface area contributed by atoms with Crippen molar-refractivity contribution in [2.45, 2.75) is 13.0 Å². The summed E-state index contributed by atoms with van der Waals surface area (Å²) in [5, 5.41) is 18.7. The minimum Gasteiger partial charge on any atom is -0.475 e. The van der Waals surface area contributed by atoms with Crippen molar-refractivity contribution in [1.82, 2.24) is 20.3 Å². The smallest absolute Gasteiger partial charge is 0.371 e. The van der Waals surface area contributed by atoms with Crippen LogP contribution in [0.1, 0.15) is 27.5 Å². The van der Waals surface area contributed by atoms with E-state index in [1.54, 1.807) is 17.1 Å². The Labute approximate surface area is 108 Å². The molecule has 19 heavy (non-hydrogen) atoms. The van der Waals surface area contributed by atoms with Gasteiger partial charge in [0.15, 0.2) is 5.76 Å². The standard InChI is InChI=1S/C11H12N4O4/c16-10(8-2-3-9(19-8)11(17)18)12-4-1-6-15-7-5-13-14-15/h2-3,5,7H,1,4,6H2,(H,12,16)(H,17,18). The van der Waals surface area contributed by atoms with E-state index < -0.39 is 11.9 Å². The fourth-order valence-electron chi connectivity index (χ4n) is 1.46. The number of aromatic carboxylic acids is 1. The number of nitrogens with one attached hydrogen (secondary N) is 1. The molecule has 0 saturated carbocycles. The van der Waals surface area contributed by atoms with Gasteiger partial charge in [-0.3, -0.25) is 9.48 Å². The fraction of sp³-hybridized carbons (Fsp3) is 0.273. The van der Waals surface area contributed by atoms with Crippen LogP contribution in [0, 0.1) is 0 Å². The second-order valence-electron chi connectivity index (χ2n) is 3.74. The summed E-state index contributed by atoms with van der Waals surface area (Å²) in [6, 6.07) is 2.57. The first-order valence-electron chi connectivity index (χ1n) is 5.62. The number of hydrogen-bond acceptors (Lipinski definition) is 5. The molecule has 0 radical (unpaired) electrons. The van der Waals surface area contributed by atoms with Crippen LogP contribution in [-0.4, -0.2) is 38.5 Å². The highest BCUT2D eigenvalue weighted by molar-refractivity contribution is 5.93. The molecular weight excluding hydrogens is 252 g/mol. The quantitative estimate of drug-likeness (QED) is 0.730. The molecule has 1 amide bonds. The molecule has 0 fully saturated rings. The summed E-state index contributed by atoms with van der Waals surface area (Å²) in [6.45, 7) is 1.07. The molecule has 2 aromatic heterocycles. The number of nitrogens with zero attached hydrogens (tertiary/aromatic N) is 3. The Balaban J connectivity index is 1.76. The zero-order valence-corrected chi connectivity index (χ0v) is 9.94. The van der Waals surface area contributed by atoms with E-state index in [4.69, 9.17) is 9.52 Å². The van der Waals surface area contributed by atoms with E-state index in [1.807, 2.05) is 0 Å². The number of hydrogen-bond donors (Lipinski definition) is 2. The summed E-state index contributed by atoms with van der Waals surface area (Å²) in [7, 11) is 0. The van der Waals surface area contributed by atoms with Crippen molar-refractivity contribution in [2.24, 2.45) is 0 Å². The molecule has 8 heteroatoms. The molecule has 0 aliphatic carbocycles. The molecule has 100 valence electrons. The van der Waals surface area contributed by atoms with E-state index in [1.165, 1.54) is 12.1 Å². The predicted octanol–water partition coefficient (Wildman–Crippen LogP) is 0.389. The Bertz CT molecular complexity index is 561. The Morgan fingerprint density at radius 2 is 2.16 bits per heavy atom. The molecule has 8 nitrogen and oxygen atoms in total. The van der Waals surface area contributed by atoms with Crippen LogP contribution in [0.2, 0.25) is 0 Å². The van der Waals surface area contributed by atoms with Gasteiger partial charge in [0.2, 0.25) is 5.76 Å². The minimum absolute atomic E-state index is 0.0156. The van der Waals surface area contributed by atoms with Crippen LogP contribution in [0.4, 0.5) is 0 Å². The Kier molecular flexibility index (Phi) is 3.91. The maximum atomic E-state index is 11.6. The van der Waals surface area contributed by atoms with E-state index >= 15 is 0 Å². The lowest BCUT2D eigenvalue weighted by Gasteiger charge is -2.02. The molecule has 0 bridgehead atoms. The average Bonchev–Trinajstić information content (AvgIpc) is 3.05. The van der Waals surface area contributed by atoms with Gasteiger partial charge in [-0.15, -0.1) is 5.10 Å². The summed E-state index contributed by atoms with van der Waals surface area (Å²) in [4.78, 5) is 22.2. The van der Waals surface area contributed by atoms with Crippen molar-refractivity contribution in [1.29, 1.82) is 0 Å². The van der Waals surface area contributed by atoms with E-state index in [0.717, 1.165) is 0 Å². The van der Waals surface area contributed by atoms with Crippen LogP contribution in [0.25, 0.3) is 0 Å². The Morgan fingerprint density at radius 1 is 1.37 bits per heavy atom.